The van der Waals surface area contributed by atoms with Crippen molar-refractivity contribution in [3.63, 3.8) is 0 Å². The maximum atomic E-state index is 13.3. The smallest absolute Gasteiger partial charge is 0.345 e. The van der Waals surface area contributed by atoms with Crippen LogP contribution >= 0.6 is 27.3 Å². The molecule has 0 fully saturated rings. The lowest BCUT2D eigenvalue weighted by atomic mass is 9.91. The number of thiophene rings is 1. The molecule has 1 N–H and O–H groups in total. The van der Waals surface area contributed by atoms with Gasteiger partial charge in [-0.3, -0.25) is 4.79 Å². The number of fused-ring (bicyclic) bond motifs is 3. The monoisotopic (exact) mass is 415 g/mol. The Bertz CT molecular complexity index is 999. The third-order valence-electron chi connectivity index (χ3n) is 4.38. The van der Waals surface area contributed by atoms with Crippen LogP contribution in [-0.2, 0) is 15.1 Å². The Morgan fingerprint density at radius 1 is 1.20 bits per heavy atom. The third-order valence-corrected chi connectivity index (χ3v) is 6.06. The van der Waals surface area contributed by atoms with Crippen molar-refractivity contribution in [3.8, 4) is 0 Å². The average Bonchev–Trinajstić information content (AvgIpc) is 3.23. The molecule has 4 rings (SSSR count). The summed E-state index contributed by atoms with van der Waals surface area (Å²) in [5, 5.41) is 6.94. The highest BCUT2D eigenvalue weighted by molar-refractivity contribution is 9.10. The number of hydrogen-bond acceptors (Lipinski definition) is 5. The van der Waals surface area contributed by atoms with Crippen LogP contribution in [0.1, 0.15) is 22.2 Å². The van der Waals surface area contributed by atoms with E-state index in [4.69, 9.17) is 4.74 Å². The van der Waals surface area contributed by atoms with E-state index in [2.05, 4.69) is 21.2 Å². The minimum atomic E-state index is -1.51. The van der Waals surface area contributed by atoms with Gasteiger partial charge in [-0.2, -0.15) is 0 Å². The molecule has 6 heteroatoms. The average molecular weight is 416 g/mol. The summed E-state index contributed by atoms with van der Waals surface area (Å²) in [5.74, 6) is -0.841. The maximum Gasteiger partial charge on any atom is 0.345 e. The summed E-state index contributed by atoms with van der Waals surface area (Å²) in [6.45, 7) is 1.95. The van der Waals surface area contributed by atoms with Gasteiger partial charge in [-0.05, 0) is 35.9 Å². The normalized spacial score (nSPS) is 18.9. The Balaban J connectivity index is 1.97. The molecule has 0 radical (unpaired) electrons. The van der Waals surface area contributed by atoms with Gasteiger partial charge in [0, 0.05) is 20.3 Å². The van der Waals surface area contributed by atoms with Crippen LogP contribution in [0.3, 0.4) is 0 Å². The number of halogens is 1. The number of carbonyl (C=O) groups is 2. The molecule has 0 amide bonds. The van der Waals surface area contributed by atoms with Gasteiger partial charge in [0.05, 0.1) is 12.3 Å². The lowest BCUT2D eigenvalue weighted by molar-refractivity contribution is -0.146. The number of hydrogen-bond donors (Lipinski definition) is 1. The van der Waals surface area contributed by atoms with Crippen molar-refractivity contribution in [3.05, 3.63) is 62.8 Å². The number of ether oxygens (including phenoxy) is 1. The Kier molecular flexibility index (Phi) is 3.89. The van der Waals surface area contributed by atoms with Gasteiger partial charge in [0.1, 0.15) is 0 Å². The highest BCUT2D eigenvalue weighted by Crippen LogP contribution is 2.45. The number of ketones is 1. The van der Waals surface area contributed by atoms with Gasteiger partial charge >= 0.3 is 5.97 Å². The second-order valence-electron chi connectivity index (χ2n) is 5.72. The highest BCUT2D eigenvalue weighted by Gasteiger charge is 2.55. The number of esters is 1. The first-order chi connectivity index (χ1) is 12.1. The van der Waals surface area contributed by atoms with Crippen LogP contribution in [0.25, 0.3) is 10.8 Å². The fraction of sp³-hybridized carbons (Fsp3) is 0.158. The second kappa shape index (κ2) is 5.97. The Labute approximate surface area is 156 Å². The van der Waals surface area contributed by atoms with Crippen molar-refractivity contribution in [2.45, 2.75) is 12.5 Å². The standard InChI is InChI=1S/C19H14BrNO3S/c1-2-24-18(23)19(15-7-4-10-25-15)17(22)13-9-8-11-12(16(13)21-19)5-3-6-14(11)20/h3-10,21H,2H2,1H3/t19-/m1/s1. The van der Waals surface area contributed by atoms with E-state index in [9.17, 15) is 9.59 Å². The molecule has 0 aliphatic carbocycles. The predicted octanol–water partition coefficient (Wildman–Crippen LogP) is 4.73. The van der Waals surface area contributed by atoms with Gasteiger partial charge in [0.15, 0.2) is 0 Å². The Hall–Kier alpha value is -2.18. The first-order valence-corrected chi connectivity index (χ1v) is 9.52. The molecule has 3 aromatic rings. The fourth-order valence-corrected chi connectivity index (χ4v) is 4.60. The summed E-state index contributed by atoms with van der Waals surface area (Å²) < 4.78 is 6.20. The molecule has 0 bridgehead atoms. The van der Waals surface area contributed by atoms with Crippen LogP contribution in [0.2, 0.25) is 0 Å². The lowest BCUT2D eigenvalue weighted by Gasteiger charge is -2.25. The molecule has 0 saturated carbocycles. The van der Waals surface area contributed by atoms with E-state index in [1.165, 1.54) is 11.3 Å². The molecule has 0 unspecified atom stereocenters. The van der Waals surface area contributed by atoms with Crippen molar-refractivity contribution >= 4 is 55.5 Å². The summed E-state index contributed by atoms with van der Waals surface area (Å²) in [7, 11) is 0. The molecule has 0 saturated heterocycles. The zero-order valence-corrected chi connectivity index (χ0v) is 15.7. The van der Waals surface area contributed by atoms with Crippen LogP contribution < -0.4 is 5.32 Å². The summed E-state index contributed by atoms with van der Waals surface area (Å²) in [5.41, 5.74) is -0.333. The topological polar surface area (TPSA) is 55.4 Å². The predicted molar refractivity (Wildman–Crippen MR) is 102 cm³/mol. The molecule has 1 aliphatic heterocycles. The van der Waals surface area contributed by atoms with Crippen molar-refractivity contribution < 1.29 is 14.3 Å². The number of benzene rings is 2. The van der Waals surface area contributed by atoms with Crippen molar-refractivity contribution in [1.29, 1.82) is 0 Å². The first-order valence-electron chi connectivity index (χ1n) is 7.85. The van der Waals surface area contributed by atoms with Gasteiger partial charge in [-0.25, -0.2) is 4.79 Å². The van der Waals surface area contributed by atoms with Gasteiger partial charge in [0.25, 0.3) is 0 Å². The number of Topliss-reactive ketones (excluding diaryl/α,β-unsaturated/α-hetero) is 1. The molecule has 0 spiro atoms. The molecule has 1 atom stereocenters. The van der Waals surface area contributed by atoms with Gasteiger partial charge in [-0.1, -0.05) is 40.2 Å². The maximum absolute atomic E-state index is 13.3. The summed E-state index contributed by atoms with van der Waals surface area (Å²) in [6, 6.07) is 13.1. The van der Waals surface area contributed by atoms with Crippen LogP contribution in [-0.4, -0.2) is 18.4 Å². The van der Waals surface area contributed by atoms with Crippen molar-refractivity contribution in [2.24, 2.45) is 0 Å². The summed E-state index contributed by atoms with van der Waals surface area (Å²) in [4.78, 5) is 26.8. The van der Waals surface area contributed by atoms with E-state index in [-0.39, 0.29) is 12.4 Å². The van der Waals surface area contributed by atoms with Gasteiger partial charge in [0.2, 0.25) is 11.3 Å². The molecule has 25 heavy (non-hydrogen) atoms. The number of rotatable bonds is 3. The van der Waals surface area contributed by atoms with Crippen LogP contribution in [0.5, 0.6) is 0 Å². The minimum Gasteiger partial charge on any atom is -0.464 e. The first kappa shape index (κ1) is 16.3. The molecule has 1 aromatic heterocycles. The second-order valence-corrected chi connectivity index (χ2v) is 7.53. The van der Waals surface area contributed by atoms with E-state index in [1.807, 2.05) is 35.7 Å². The van der Waals surface area contributed by atoms with Crippen LogP contribution in [0, 0.1) is 0 Å². The zero-order chi connectivity index (χ0) is 17.6. The lowest BCUT2D eigenvalue weighted by Crippen LogP contribution is -2.47. The van der Waals surface area contributed by atoms with Crippen LogP contribution in [0.4, 0.5) is 5.69 Å². The molecule has 126 valence electrons. The molecule has 1 aliphatic rings. The molecule has 2 heterocycles. The molecular formula is C19H14BrNO3S. The quantitative estimate of drug-likeness (QED) is 0.496. The third kappa shape index (κ3) is 2.24. The molecule has 4 nitrogen and oxygen atoms in total. The van der Waals surface area contributed by atoms with E-state index in [1.54, 1.807) is 19.1 Å². The van der Waals surface area contributed by atoms with E-state index in [0.717, 1.165) is 15.2 Å². The fourth-order valence-electron chi connectivity index (χ4n) is 3.24. The van der Waals surface area contributed by atoms with Gasteiger partial charge in [-0.15, -0.1) is 11.3 Å². The Morgan fingerprint density at radius 3 is 2.76 bits per heavy atom. The summed E-state index contributed by atoms with van der Waals surface area (Å²) >= 11 is 4.90. The van der Waals surface area contributed by atoms with E-state index >= 15 is 0 Å². The van der Waals surface area contributed by atoms with Crippen molar-refractivity contribution in [1.82, 2.24) is 0 Å². The summed E-state index contributed by atoms with van der Waals surface area (Å²) in [6.07, 6.45) is 0. The number of carbonyl (C=O) groups excluding carboxylic acids is 2. The Morgan fingerprint density at radius 2 is 2.04 bits per heavy atom. The largest absolute Gasteiger partial charge is 0.464 e. The van der Waals surface area contributed by atoms with Crippen molar-refractivity contribution in [2.75, 3.05) is 11.9 Å². The van der Waals surface area contributed by atoms with E-state index < -0.39 is 11.5 Å². The number of nitrogens with one attached hydrogen (secondary N) is 1. The number of anilines is 1. The highest BCUT2D eigenvalue weighted by atomic mass is 79.9. The molecule has 2 aromatic carbocycles. The molecular weight excluding hydrogens is 402 g/mol. The zero-order valence-electron chi connectivity index (χ0n) is 13.3. The van der Waals surface area contributed by atoms with E-state index in [0.29, 0.717) is 16.1 Å². The SMILES string of the molecule is CCOC(=O)[C@]1(c2cccs2)Nc2c(ccc3c(Br)cccc23)C1=O. The van der Waals surface area contributed by atoms with Crippen LogP contribution in [0.15, 0.2) is 52.3 Å². The van der Waals surface area contributed by atoms with Gasteiger partial charge < -0.3 is 10.1 Å². The minimum absolute atomic E-state index is 0.212.